The maximum atomic E-state index is 13.1. The van der Waals surface area contributed by atoms with Gasteiger partial charge in [0.05, 0.1) is 7.11 Å². The molecule has 1 aliphatic rings. The summed E-state index contributed by atoms with van der Waals surface area (Å²) in [6.07, 6.45) is 0.352. The van der Waals surface area contributed by atoms with Gasteiger partial charge in [-0.2, -0.15) is 0 Å². The summed E-state index contributed by atoms with van der Waals surface area (Å²) in [7, 11) is 1.23. The van der Waals surface area contributed by atoms with Gasteiger partial charge in [-0.15, -0.1) is 0 Å². The molecule has 0 saturated heterocycles. The van der Waals surface area contributed by atoms with E-state index < -0.39 is 11.9 Å². The number of halogens is 3. The molecule has 0 aromatic carbocycles. The molecule has 8 heteroatoms. The Balaban J connectivity index is 2.06. The van der Waals surface area contributed by atoms with Gasteiger partial charge in [0.15, 0.2) is 5.69 Å². The van der Waals surface area contributed by atoms with Crippen LogP contribution in [0.5, 0.6) is 0 Å². The Morgan fingerprint density at radius 3 is 2.70 bits per heavy atom. The molecule has 1 N–H and O–H groups in total. The van der Waals surface area contributed by atoms with Crippen molar-refractivity contribution in [2.75, 3.05) is 12.4 Å². The monoisotopic (exact) mass is 305 g/mol. The summed E-state index contributed by atoms with van der Waals surface area (Å²) >= 11 is 5.72. The molecule has 1 aliphatic carbocycles. The Kier molecular flexibility index (Phi) is 4.37. The summed E-state index contributed by atoms with van der Waals surface area (Å²) < 4.78 is 30.7. The van der Waals surface area contributed by atoms with Crippen molar-refractivity contribution in [2.24, 2.45) is 0 Å². The van der Waals surface area contributed by atoms with Crippen LogP contribution in [-0.4, -0.2) is 35.0 Å². The fourth-order valence-corrected chi connectivity index (χ4v) is 2.28. The van der Waals surface area contributed by atoms with Gasteiger partial charge in [-0.05, 0) is 24.4 Å². The predicted octanol–water partition coefficient (Wildman–Crippen LogP) is 2.91. The van der Waals surface area contributed by atoms with E-state index in [1.54, 1.807) is 0 Å². The molecule has 0 bridgehead atoms. The average Bonchev–Trinajstić information content (AvgIpc) is 2.39. The highest BCUT2D eigenvalue weighted by molar-refractivity contribution is 6.28. The SMILES string of the molecule is COC(=O)c1cc(NC2CCC(F)(F)CC2)nc(Cl)n1. The first-order valence-corrected chi connectivity index (χ1v) is 6.55. The van der Waals surface area contributed by atoms with Crippen LogP contribution in [0, 0.1) is 0 Å². The lowest BCUT2D eigenvalue weighted by Crippen LogP contribution is -2.32. The van der Waals surface area contributed by atoms with Crippen molar-refractivity contribution in [1.82, 2.24) is 9.97 Å². The molecule has 20 heavy (non-hydrogen) atoms. The van der Waals surface area contributed by atoms with Crippen LogP contribution in [0.4, 0.5) is 14.6 Å². The molecule has 0 spiro atoms. The molecule has 1 saturated carbocycles. The zero-order chi connectivity index (χ0) is 14.8. The largest absolute Gasteiger partial charge is 0.464 e. The fraction of sp³-hybridized carbons (Fsp3) is 0.583. The second-order valence-corrected chi connectivity index (χ2v) is 5.01. The van der Waals surface area contributed by atoms with Gasteiger partial charge in [0.2, 0.25) is 11.2 Å². The van der Waals surface area contributed by atoms with E-state index in [4.69, 9.17) is 11.6 Å². The number of esters is 1. The van der Waals surface area contributed by atoms with Gasteiger partial charge in [0, 0.05) is 24.9 Å². The molecule has 1 aromatic heterocycles. The van der Waals surface area contributed by atoms with Crippen LogP contribution in [-0.2, 0) is 4.74 Å². The number of hydrogen-bond acceptors (Lipinski definition) is 5. The quantitative estimate of drug-likeness (QED) is 0.687. The summed E-state index contributed by atoms with van der Waals surface area (Å²) in [5.74, 6) is -2.88. The third-order valence-electron chi connectivity index (χ3n) is 3.16. The van der Waals surface area contributed by atoms with Crippen LogP contribution in [0.2, 0.25) is 5.28 Å². The van der Waals surface area contributed by atoms with E-state index in [2.05, 4.69) is 20.0 Å². The zero-order valence-electron chi connectivity index (χ0n) is 10.8. The van der Waals surface area contributed by atoms with Gasteiger partial charge in [-0.25, -0.2) is 23.5 Å². The summed E-state index contributed by atoms with van der Waals surface area (Å²) in [5, 5.41) is 2.90. The van der Waals surface area contributed by atoms with Crippen molar-refractivity contribution >= 4 is 23.4 Å². The molecule has 0 aliphatic heterocycles. The van der Waals surface area contributed by atoms with Crippen molar-refractivity contribution in [3.8, 4) is 0 Å². The van der Waals surface area contributed by atoms with Crippen LogP contribution in [0.1, 0.15) is 36.2 Å². The first kappa shape index (κ1) is 14.9. The first-order valence-electron chi connectivity index (χ1n) is 6.17. The highest BCUT2D eigenvalue weighted by Gasteiger charge is 2.35. The Hall–Kier alpha value is -1.50. The summed E-state index contributed by atoms with van der Waals surface area (Å²) in [4.78, 5) is 19.1. The van der Waals surface area contributed by atoms with E-state index in [0.717, 1.165) is 0 Å². The van der Waals surface area contributed by atoms with E-state index in [1.807, 2.05) is 0 Å². The number of nitrogens with zero attached hydrogens (tertiary/aromatic N) is 2. The van der Waals surface area contributed by atoms with E-state index in [0.29, 0.717) is 18.7 Å². The maximum Gasteiger partial charge on any atom is 0.356 e. The molecule has 0 unspecified atom stereocenters. The van der Waals surface area contributed by atoms with Crippen molar-refractivity contribution in [3.63, 3.8) is 0 Å². The van der Waals surface area contributed by atoms with Crippen molar-refractivity contribution < 1.29 is 18.3 Å². The Morgan fingerprint density at radius 1 is 1.45 bits per heavy atom. The molecule has 2 rings (SSSR count). The number of ether oxygens (including phenoxy) is 1. The number of aromatic nitrogens is 2. The van der Waals surface area contributed by atoms with Gasteiger partial charge in [-0.1, -0.05) is 0 Å². The smallest absolute Gasteiger partial charge is 0.356 e. The summed E-state index contributed by atoms with van der Waals surface area (Å²) in [6.45, 7) is 0. The van der Waals surface area contributed by atoms with Crippen molar-refractivity contribution in [2.45, 2.75) is 37.6 Å². The number of carbonyl (C=O) groups is 1. The van der Waals surface area contributed by atoms with E-state index >= 15 is 0 Å². The minimum Gasteiger partial charge on any atom is -0.464 e. The Labute approximate surface area is 119 Å². The van der Waals surface area contributed by atoms with Gasteiger partial charge in [-0.3, -0.25) is 0 Å². The molecule has 0 amide bonds. The van der Waals surface area contributed by atoms with Gasteiger partial charge in [0.25, 0.3) is 0 Å². The van der Waals surface area contributed by atoms with E-state index in [1.165, 1.54) is 13.2 Å². The second kappa shape index (κ2) is 5.87. The number of anilines is 1. The van der Waals surface area contributed by atoms with Crippen molar-refractivity contribution in [1.29, 1.82) is 0 Å². The molecule has 1 fully saturated rings. The van der Waals surface area contributed by atoms with E-state index in [-0.39, 0.29) is 29.9 Å². The number of nitrogens with one attached hydrogen (secondary N) is 1. The third-order valence-corrected chi connectivity index (χ3v) is 3.33. The minimum atomic E-state index is -2.58. The molecule has 1 heterocycles. The Bertz CT molecular complexity index is 503. The Morgan fingerprint density at radius 2 is 2.10 bits per heavy atom. The standard InChI is InChI=1S/C12H14ClF2N3O2/c1-20-10(19)8-6-9(18-11(13)17-8)16-7-2-4-12(14,15)5-3-7/h6-7H,2-5H2,1H3,(H,16,17,18). The average molecular weight is 306 g/mol. The van der Waals surface area contributed by atoms with Crippen LogP contribution in [0.15, 0.2) is 6.07 Å². The van der Waals surface area contributed by atoms with Crippen molar-refractivity contribution in [3.05, 3.63) is 17.0 Å². The number of rotatable bonds is 3. The lowest BCUT2D eigenvalue weighted by atomic mass is 9.92. The topological polar surface area (TPSA) is 64.1 Å². The van der Waals surface area contributed by atoms with Gasteiger partial charge in [0.1, 0.15) is 5.82 Å². The minimum absolute atomic E-state index is 0.0242. The number of hydrogen-bond donors (Lipinski definition) is 1. The molecule has 0 radical (unpaired) electrons. The number of carbonyl (C=O) groups excluding carboxylic acids is 1. The second-order valence-electron chi connectivity index (χ2n) is 4.67. The fourth-order valence-electron chi connectivity index (χ4n) is 2.09. The lowest BCUT2D eigenvalue weighted by molar-refractivity contribution is -0.0361. The highest BCUT2D eigenvalue weighted by Crippen LogP contribution is 2.34. The molecule has 110 valence electrons. The van der Waals surface area contributed by atoms with E-state index in [9.17, 15) is 13.6 Å². The molecule has 0 atom stereocenters. The van der Waals surface area contributed by atoms with Crippen LogP contribution in [0.25, 0.3) is 0 Å². The number of alkyl halides is 2. The third kappa shape index (κ3) is 3.75. The normalized spacial score (nSPS) is 18.6. The number of methoxy groups -OCH3 is 1. The van der Waals surface area contributed by atoms with Gasteiger partial charge < -0.3 is 10.1 Å². The summed E-state index contributed by atoms with van der Waals surface area (Å²) in [5.41, 5.74) is 0.0242. The van der Waals surface area contributed by atoms with Crippen LogP contribution in [0.3, 0.4) is 0 Å². The van der Waals surface area contributed by atoms with Crippen LogP contribution < -0.4 is 5.32 Å². The van der Waals surface area contributed by atoms with Gasteiger partial charge >= 0.3 is 5.97 Å². The predicted molar refractivity (Wildman–Crippen MR) is 69.2 cm³/mol. The molecule has 5 nitrogen and oxygen atoms in total. The highest BCUT2D eigenvalue weighted by atomic mass is 35.5. The summed E-state index contributed by atoms with van der Waals surface area (Å²) in [6, 6.07) is 1.27. The molecule has 1 aromatic rings. The molecular weight excluding hydrogens is 292 g/mol. The van der Waals surface area contributed by atoms with Crippen LogP contribution >= 0.6 is 11.6 Å². The maximum absolute atomic E-state index is 13.1. The zero-order valence-corrected chi connectivity index (χ0v) is 11.6. The molecular formula is C12H14ClF2N3O2. The lowest BCUT2D eigenvalue weighted by Gasteiger charge is -2.29. The first-order chi connectivity index (χ1) is 9.39.